The summed E-state index contributed by atoms with van der Waals surface area (Å²) < 4.78 is 37.5. The van der Waals surface area contributed by atoms with Gasteiger partial charge in [-0.1, -0.05) is 12.1 Å². The van der Waals surface area contributed by atoms with E-state index in [4.69, 9.17) is 0 Å². The molecule has 1 N–H and O–H groups in total. The molecule has 0 saturated heterocycles. The van der Waals surface area contributed by atoms with Gasteiger partial charge < -0.3 is 5.32 Å². The average Bonchev–Trinajstić information content (AvgIpc) is 2.27. The van der Waals surface area contributed by atoms with Gasteiger partial charge in [0.1, 0.15) is 6.67 Å². The van der Waals surface area contributed by atoms with Crippen LogP contribution in [0.5, 0.6) is 0 Å². The molecule has 0 aliphatic carbocycles. The molecule has 0 radical (unpaired) electrons. The first-order chi connectivity index (χ1) is 7.22. The van der Waals surface area contributed by atoms with Gasteiger partial charge in [0, 0.05) is 5.56 Å². The molecule has 1 aromatic carbocycles. The van der Waals surface area contributed by atoms with E-state index in [9.17, 15) is 13.2 Å². The highest BCUT2D eigenvalue weighted by atomic mass is 19.3. The zero-order valence-electron chi connectivity index (χ0n) is 8.14. The minimum atomic E-state index is -2.45. The Hall–Kier alpha value is -1.03. The third-order valence-corrected chi connectivity index (χ3v) is 2.73. The lowest BCUT2D eigenvalue weighted by Gasteiger charge is -2.25. The van der Waals surface area contributed by atoms with Crippen molar-refractivity contribution < 1.29 is 13.2 Å². The fourth-order valence-electron chi connectivity index (χ4n) is 1.95. The average molecular weight is 215 g/mol. The first kappa shape index (κ1) is 10.5. The number of benzene rings is 1. The zero-order valence-corrected chi connectivity index (χ0v) is 8.14. The van der Waals surface area contributed by atoms with E-state index >= 15 is 0 Å². The molecule has 1 atom stereocenters. The molecule has 1 heterocycles. The Morgan fingerprint density at radius 3 is 2.87 bits per heavy atom. The molecule has 82 valence electrons. The maximum Gasteiger partial charge on any atom is 0.263 e. The number of rotatable bonds is 2. The third kappa shape index (κ3) is 2.00. The van der Waals surface area contributed by atoms with Gasteiger partial charge in [-0.15, -0.1) is 0 Å². The quantitative estimate of drug-likeness (QED) is 0.799. The fourth-order valence-corrected chi connectivity index (χ4v) is 1.95. The molecule has 1 aliphatic heterocycles. The topological polar surface area (TPSA) is 12.0 Å². The standard InChI is InChI=1S/C11H12F3N/c12-6-10-9-2-1-8(11(13)14)5-7(9)3-4-15-10/h1-2,5,10-11,15H,3-4,6H2. The molecule has 0 fully saturated rings. The van der Waals surface area contributed by atoms with Crippen LogP contribution in [0, 0.1) is 0 Å². The van der Waals surface area contributed by atoms with Crippen molar-refractivity contribution in [3.05, 3.63) is 34.9 Å². The van der Waals surface area contributed by atoms with E-state index in [1.54, 1.807) is 6.07 Å². The predicted octanol–water partition coefficient (Wildman–Crippen LogP) is 2.78. The molecule has 0 amide bonds. The van der Waals surface area contributed by atoms with Crippen LogP contribution in [0.1, 0.15) is 29.2 Å². The highest BCUT2D eigenvalue weighted by Crippen LogP contribution is 2.28. The van der Waals surface area contributed by atoms with Gasteiger partial charge in [-0.05, 0) is 30.2 Å². The van der Waals surface area contributed by atoms with E-state index in [1.165, 1.54) is 12.1 Å². The van der Waals surface area contributed by atoms with E-state index in [-0.39, 0.29) is 11.6 Å². The summed E-state index contributed by atoms with van der Waals surface area (Å²) in [6.45, 7) is 0.148. The second-order valence-corrected chi connectivity index (χ2v) is 3.67. The Bertz CT molecular complexity index is 352. The molecular weight excluding hydrogens is 203 g/mol. The molecule has 2 rings (SSSR count). The summed E-state index contributed by atoms with van der Waals surface area (Å²) in [4.78, 5) is 0. The van der Waals surface area contributed by atoms with Crippen LogP contribution in [0.2, 0.25) is 0 Å². The summed E-state index contributed by atoms with van der Waals surface area (Å²) in [7, 11) is 0. The zero-order chi connectivity index (χ0) is 10.8. The van der Waals surface area contributed by atoms with Gasteiger partial charge in [0.25, 0.3) is 6.43 Å². The Kier molecular flexibility index (Phi) is 2.95. The fraction of sp³-hybridized carbons (Fsp3) is 0.455. The van der Waals surface area contributed by atoms with Gasteiger partial charge in [-0.2, -0.15) is 0 Å². The minimum Gasteiger partial charge on any atom is -0.307 e. The van der Waals surface area contributed by atoms with Gasteiger partial charge in [-0.3, -0.25) is 0 Å². The Labute approximate surface area is 86.3 Å². The summed E-state index contributed by atoms with van der Waals surface area (Å²) in [6.07, 6.45) is -1.76. The van der Waals surface area contributed by atoms with Crippen molar-refractivity contribution in [3.8, 4) is 0 Å². The summed E-state index contributed by atoms with van der Waals surface area (Å²) in [5.74, 6) is 0. The molecular formula is C11H12F3N. The van der Waals surface area contributed by atoms with Crippen LogP contribution in [0.25, 0.3) is 0 Å². The summed E-state index contributed by atoms with van der Waals surface area (Å²) in [5.41, 5.74) is 1.68. The van der Waals surface area contributed by atoms with Crippen LogP contribution in [0.4, 0.5) is 13.2 Å². The molecule has 0 spiro atoms. The number of hydrogen-bond acceptors (Lipinski definition) is 1. The highest BCUT2D eigenvalue weighted by Gasteiger charge is 2.20. The second-order valence-electron chi connectivity index (χ2n) is 3.67. The molecule has 0 aromatic heterocycles. The van der Waals surface area contributed by atoms with Gasteiger partial charge in [0.15, 0.2) is 0 Å². The lowest BCUT2D eigenvalue weighted by Crippen LogP contribution is -2.31. The predicted molar refractivity (Wildman–Crippen MR) is 51.8 cm³/mol. The molecule has 15 heavy (non-hydrogen) atoms. The van der Waals surface area contributed by atoms with Crippen molar-refractivity contribution in [1.29, 1.82) is 0 Å². The van der Waals surface area contributed by atoms with Crippen LogP contribution >= 0.6 is 0 Å². The molecule has 0 bridgehead atoms. The number of hydrogen-bond donors (Lipinski definition) is 1. The Balaban J connectivity index is 2.36. The third-order valence-electron chi connectivity index (χ3n) is 2.73. The molecule has 1 aliphatic rings. The monoisotopic (exact) mass is 215 g/mol. The molecule has 1 nitrogen and oxygen atoms in total. The lowest BCUT2D eigenvalue weighted by molar-refractivity contribution is 0.151. The SMILES string of the molecule is FCC1NCCc2cc(C(F)F)ccc21. The van der Waals surface area contributed by atoms with Gasteiger partial charge in [0.05, 0.1) is 6.04 Å². The number of fused-ring (bicyclic) bond motifs is 1. The lowest BCUT2D eigenvalue weighted by atomic mass is 9.93. The number of nitrogens with one attached hydrogen (secondary N) is 1. The Morgan fingerprint density at radius 1 is 1.40 bits per heavy atom. The van der Waals surface area contributed by atoms with E-state index in [1.807, 2.05) is 0 Å². The van der Waals surface area contributed by atoms with Crippen LogP contribution in [0.15, 0.2) is 18.2 Å². The van der Waals surface area contributed by atoms with E-state index in [2.05, 4.69) is 5.32 Å². The van der Waals surface area contributed by atoms with E-state index in [0.29, 0.717) is 13.0 Å². The Morgan fingerprint density at radius 2 is 2.20 bits per heavy atom. The van der Waals surface area contributed by atoms with Crippen molar-refractivity contribution in [2.24, 2.45) is 0 Å². The molecule has 1 aromatic rings. The first-order valence-corrected chi connectivity index (χ1v) is 4.92. The van der Waals surface area contributed by atoms with E-state index < -0.39 is 13.1 Å². The minimum absolute atomic E-state index is 0.0215. The molecule has 1 unspecified atom stereocenters. The smallest absolute Gasteiger partial charge is 0.263 e. The van der Waals surface area contributed by atoms with Crippen LogP contribution in [0.3, 0.4) is 0 Å². The summed E-state index contributed by atoms with van der Waals surface area (Å²) in [5, 5.41) is 3.01. The highest BCUT2D eigenvalue weighted by molar-refractivity contribution is 5.36. The first-order valence-electron chi connectivity index (χ1n) is 4.92. The molecule has 4 heteroatoms. The van der Waals surface area contributed by atoms with Crippen molar-refractivity contribution >= 4 is 0 Å². The van der Waals surface area contributed by atoms with E-state index in [0.717, 1.165) is 11.1 Å². The van der Waals surface area contributed by atoms with Crippen LogP contribution < -0.4 is 5.32 Å². The number of halogens is 3. The van der Waals surface area contributed by atoms with Crippen molar-refractivity contribution in [1.82, 2.24) is 5.32 Å². The normalized spacial score (nSPS) is 20.4. The molecule has 0 saturated carbocycles. The summed E-state index contributed by atoms with van der Waals surface area (Å²) >= 11 is 0. The van der Waals surface area contributed by atoms with Crippen molar-refractivity contribution in [2.75, 3.05) is 13.2 Å². The van der Waals surface area contributed by atoms with Crippen molar-refractivity contribution in [3.63, 3.8) is 0 Å². The van der Waals surface area contributed by atoms with Crippen LogP contribution in [-0.2, 0) is 6.42 Å². The van der Waals surface area contributed by atoms with Crippen molar-refractivity contribution in [2.45, 2.75) is 18.9 Å². The summed E-state index contributed by atoms with van der Waals surface area (Å²) in [6, 6.07) is 4.14. The van der Waals surface area contributed by atoms with Gasteiger partial charge in [0.2, 0.25) is 0 Å². The maximum absolute atomic E-state index is 12.6. The largest absolute Gasteiger partial charge is 0.307 e. The maximum atomic E-state index is 12.6. The van der Waals surface area contributed by atoms with Gasteiger partial charge in [-0.25, -0.2) is 13.2 Å². The van der Waals surface area contributed by atoms with Crippen LogP contribution in [-0.4, -0.2) is 13.2 Å². The second kappa shape index (κ2) is 4.23. The van der Waals surface area contributed by atoms with Gasteiger partial charge >= 0.3 is 0 Å². The number of alkyl halides is 3.